The van der Waals surface area contributed by atoms with Crippen LogP contribution in [0.15, 0.2) is 36.4 Å². The summed E-state index contributed by atoms with van der Waals surface area (Å²) in [4.78, 5) is 36.8. The van der Waals surface area contributed by atoms with E-state index in [-0.39, 0.29) is 36.1 Å². The van der Waals surface area contributed by atoms with E-state index in [1.54, 1.807) is 0 Å². The fourth-order valence-electron chi connectivity index (χ4n) is 5.94. The van der Waals surface area contributed by atoms with Crippen molar-refractivity contribution in [3.05, 3.63) is 42.0 Å². The molecule has 5 atom stereocenters. The van der Waals surface area contributed by atoms with Crippen molar-refractivity contribution in [1.29, 1.82) is 0 Å². The number of aromatic carboxylic acids is 1. The van der Waals surface area contributed by atoms with Crippen LogP contribution in [0.3, 0.4) is 0 Å². The van der Waals surface area contributed by atoms with Gasteiger partial charge >= 0.3 is 5.97 Å². The van der Waals surface area contributed by atoms with E-state index in [4.69, 9.17) is 5.11 Å². The maximum absolute atomic E-state index is 13.0. The predicted molar refractivity (Wildman–Crippen MR) is 115 cm³/mol. The van der Waals surface area contributed by atoms with E-state index >= 15 is 0 Å². The van der Waals surface area contributed by atoms with Crippen molar-refractivity contribution in [2.45, 2.75) is 45.1 Å². The van der Waals surface area contributed by atoms with Crippen LogP contribution in [0, 0.1) is 22.7 Å². The normalized spacial score (nSPS) is 33.1. The summed E-state index contributed by atoms with van der Waals surface area (Å²) in [7, 11) is 0. The van der Waals surface area contributed by atoms with Gasteiger partial charge < -0.3 is 25.7 Å². The zero-order valence-electron chi connectivity index (χ0n) is 17.8. The van der Waals surface area contributed by atoms with Crippen LogP contribution in [0.4, 0.5) is 5.69 Å². The van der Waals surface area contributed by atoms with E-state index < -0.39 is 45.9 Å². The second kappa shape index (κ2) is 7.48. The minimum atomic E-state index is -1.40. The molecule has 5 rings (SSSR count). The summed E-state index contributed by atoms with van der Waals surface area (Å²) in [6, 6.07) is 2.11. The number of fused-ring (bicyclic) bond motifs is 2. The molecule has 0 aliphatic heterocycles. The van der Waals surface area contributed by atoms with Gasteiger partial charge in [0.15, 0.2) is 11.5 Å². The van der Waals surface area contributed by atoms with Crippen LogP contribution in [0.5, 0.6) is 11.5 Å². The third kappa shape index (κ3) is 3.12. The molecule has 0 radical (unpaired) electrons. The van der Waals surface area contributed by atoms with Gasteiger partial charge in [-0.2, -0.15) is 0 Å². The third-order valence-corrected chi connectivity index (χ3v) is 7.88. The third-order valence-electron chi connectivity index (χ3n) is 7.88. The maximum atomic E-state index is 13.0. The minimum absolute atomic E-state index is 0.0828. The Morgan fingerprint density at radius 3 is 2.69 bits per heavy atom. The summed E-state index contributed by atoms with van der Waals surface area (Å²) in [5, 5.41) is 42.5. The number of anilines is 1. The summed E-state index contributed by atoms with van der Waals surface area (Å²) < 4.78 is 0. The van der Waals surface area contributed by atoms with Crippen molar-refractivity contribution in [3.63, 3.8) is 0 Å². The number of phenolic OH excluding ortho intramolecular Hbond substituents is 1. The van der Waals surface area contributed by atoms with Gasteiger partial charge in [0.05, 0.1) is 6.10 Å². The first-order valence-electron chi connectivity index (χ1n) is 10.7. The Morgan fingerprint density at radius 1 is 1.28 bits per heavy atom. The second-order valence-corrected chi connectivity index (χ2v) is 9.44. The summed E-state index contributed by atoms with van der Waals surface area (Å²) in [5.41, 5.74) is -1.44. The van der Waals surface area contributed by atoms with Gasteiger partial charge in [0.2, 0.25) is 5.91 Å². The lowest BCUT2D eigenvalue weighted by molar-refractivity contribution is -0.145. The molecule has 3 fully saturated rings. The number of carbonyl (C=O) groups excluding carboxylic acids is 2. The van der Waals surface area contributed by atoms with Crippen molar-refractivity contribution in [1.82, 2.24) is 0 Å². The number of amides is 1. The van der Waals surface area contributed by atoms with E-state index in [2.05, 4.69) is 11.9 Å². The number of nitrogens with one attached hydrogen (secondary N) is 1. The maximum Gasteiger partial charge on any atom is 0.339 e. The molecule has 1 spiro atoms. The van der Waals surface area contributed by atoms with Crippen LogP contribution < -0.4 is 5.32 Å². The molecule has 170 valence electrons. The van der Waals surface area contributed by atoms with Gasteiger partial charge in [0.1, 0.15) is 17.0 Å². The van der Waals surface area contributed by atoms with Gasteiger partial charge in [-0.05, 0) is 61.3 Å². The Hall–Kier alpha value is -3.13. The number of aromatic hydroxyl groups is 2. The van der Waals surface area contributed by atoms with E-state index in [9.17, 15) is 29.7 Å². The highest BCUT2D eigenvalue weighted by molar-refractivity contribution is 6.00. The SMILES string of the molecule is C=C1[C@H]2CC[C@@]3(C=CC(=O)[C@@](C)(CCC(=O)Nc4c(O)ccc(C(=O)O)c4O)C3C2)[C@H]1O. The number of phenols is 2. The van der Waals surface area contributed by atoms with E-state index in [1.165, 1.54) is 6.08 Å². The monoisotopic (exact) mass is 441 g/mol. The average Bonchev–Trinajstić information content (AvgIpc) is 2.75. The molecule has 32 heavy (non-hydrogen) atoms. The minimum Gasteiger partial charge on any atom is -0.506 e. The molecule has 0 aromatic heterocycles. The van der Waals surface area contributed by atoms with Crippen LogP contribution in [0.1, 0.15) is 49.4 Å². The molecule has 4 aliphatic rings. The molecule has 1 unspecified atom stereocenters. The van der Waals surface area contributed by atoms with Crippen LogP contribution in [0.2, 0.25) is 0 Å². The number of aliphatic hydroxyl groups excluding tert-OH is 1. The molecular weight excluding hydrogens is 414 g/mol. The highest BCUT2D eigenvalue weighted by Crippen LogP contribution is 2.64. The second-order valence-electron chi connectivity index (χ2n) is 9.44. The van der Waals surface area contributed by atoms with Gasteiger partial charge in [-0.15, -0.1) is 0 Å². The van der Waals surface area contributed by atoms with Gasteiger partial charge in [-0.25, -0.2) is 4.79 Å². The summed E-state index contributed by atoms with van der Waals surface area (Å²) >= 11 is 0. The van der Waals surface area contributed by atoms with Gasteiger partial charge in [-0.3, -0.25) is 9.59 Å². The number of hydrogen-bond donors (Lipinski definition) is 5. The lowest BCUT2D eigenvalue weighted by Gasteiger charge is -2.61. The van der Waals surface area contributed by atoms with Gasteiger partial charge in [0.25, 0.3) is 0 Å². The molecule has 4 aliphatic carbocycles. The van der Waals surface area contributed by atoms with Crippen molar-refractivity contribution < 1.29 is 34.8 Å². The molecule has 8 heteroatoms. The quantitative estimate of drug-likeness (QED) is 0.349. The first-order chi connectivity index (χ1) is 15.0. The Kier molecular flexibility index (Phi) is 5.16. The topological polar surface area (TPSA) is 144 Å². The molecule has 1 aromatic carbocycles. The molecule has 5 N–H and O–H groups in total. The Morgan fingerprint density at radius 2 is 2.00 bits per heavy atom. The zero-order chi connectivity index (χ0) is 23.4. The number of rotatable bonds is 5. The van der Waals surface area contributed by atoms with Gasteiger partial charge in [0, 0.05) is 17.3 Å². The average molecular weight is 441 g/mol. The smallest absolute Gasteiger partial charge is 0.339 e. The number of hydrogen-bond acceptors (Lipinski definition) is 6. The summed E-state index contributed by atoms with van der Waals surface area (Å²) in [6.45, 7) is 5.89. The van der Waals surface area contributed by atoms with Crippen LogP contribution in [0.25, 0.3) is 0 Å². The first-order valence-corrected chi connectivity index (χ1v) is 10.7. The molecule has 1 aromatic rings. The van der Waals surface area contributed by atoms with E-state index in [1.807, 2.05) is 13.0 Å². The number of allylic oxidation sites excluding steroid dienone is 1. The van der Waals surface area contributed by atoms with Crippen molar-refractivity contribution in [2.24, 2.45) is 22.7 Å². The molecule has 3 saturated carbocycles. The Balaban J connectivity index is 1.54. The lowest BCUT2D eigenvalue weighted by Crippen LogP contribution is -2.60. The van der Waals surface area contributed by atoms with Crippen LogP contribution in [-0.2, 0) is 9.59 Å². The predicted octanol–water partition coefficient (Wildman–Crippen LogP) is 2.99. The number of benzene rings is 1. The highest BCUT2D eigenvalue weighted by Gasteiger charge is 2.62. The standard InChI is InChI=1S/C24H27NO7/c1-12-13-5-9-24(21(12)30)10-6-17(27)23(2,16(24)11-13)8-7-18(28)25-19-15(26)4-3-14(20(19)29)22(31)32/h3-4,6,10,13,16,21,26,29-30H,1,5,7-9,11H2,2H3,(H,25,28)(H,31,32)/t13-,16?,21-,23-,24-/m0/s1. The van der Waals surface area contributed by atoms with E-state index in [0.29, 0.717) is 0 Å². The molecule has 0 saturated heterocycles. The lowest BCUT2D eigenvalue weighted by atomic mass is 9.43. The molecular formula is C24H27NO7. The first kappa shape index (κ1) is 22.1. The van der Waals surface area contributed by atoms with Crippen LogP contribution in [-0.4, -0.2) is 44.2 Å². The Bertz CT molecular complexity index is 1060. The van der Waals surface area contributed by atoms with Gasteiger partial charge in [-0.1, -0.05) is 19.6 Å². The number of ketones is 1. The largest absolute Gasteiger partial charge is 0.506 e. The van der Waals surface area contributed by atoms with E-state index in [0.717, 1.165) is 37.0 Å². The number of carbonyl (C=O) groups is 3. The fraction of sp³-hybridized carbons (Fsp3) is 0.458. The number of carboxylic acid groups (broad SMARTS) is 1. The zero-order valence-corrected chi connectivity index (χ0v) is 17.8. The fourth-order valence-corrected chi connectivity index (χ4v) is 5.94. The van der Waals surface area contributed by atoms with Crippen molar-refractivity contribution in [3.8, 4) is 11.5 Å². The molecule has 2 bridgehead atoms. The highest BCUT2D eigenvalue weighted by atomic mass is 16.4. The van der Waals surface area contributed by atoms with Crippen LogP contribution >= 0.6 is 0 Å². The molecule has 8 nitrogen and oxygen atoms in total. The molecule has 1 amide bonds. The summed E-state index contributed by atoms with van der Waals surface area (Å²) in [5.74, 6) is -3.24. The summed E-state index contributed by atoms with van der Waals surface area (Å²) in [6.07, 6.45) is 5.17. The number of carboxylic acids is 1. The van der Waals surface area contributed by atoms with Crippen molar-refractivity contribution in [2.75, 3.05) is 5.32 Å². The van der Waals surface area contributed by atoms with Crippen molar-refractivity contribution >= 4 is 23.3 Å². The Labute approximate surface area is 185 Å². The number of aliphatic hydroxyl groups is 1. The molecule has 0 heterocycles.